The number of benzene rings is 3. The lowest BCUT2D eigenvalue weighted by molar-refractivity contribution is -0.116. The molecule has 0 bridgehead atoms. The lowest BCUT2D eigenvalue weighted by atomic mass is 9.96. The summed E-state index contributed by atoms with van der Waals surface area (Å²) in [6, 6.07) is 20.6. The Balaban J connectivity index is 1.67. The molecule has 6 nitrogen and oxygen atoms in total. The van der Waals surface area contributed by atoms with Crippen LogP contribution in [0.4, 0.5) is 5.69 Å². The average molecular weight is 474 g/mol. The number of carbonyl (C=O) groups excluding carboxylic acids is 3. The Morgan fingerprint density at radius 3 is 2.31 bits per heavy atom. The molecule has 0 spiro atoms. The maximum absolute atomic E-state index is 12.7. The second kappa shape index (κ2) is 13.1. The molecule has 1 amide bonds. The number of aryl methyl sites for hydroxylation is 1. The highest BCUT2D eigenvalue weighted by Gasteiger charge is 2.14. The van der Waals surface area contributed by atoms with Crippen LogP contribution in [0.5, 0.6) is 11.5 Å². The predicted molar refractivity (Wildman–Crippen MR) is 137 cm³/mol. The van der Waals surface area contributed by atoms with Gasteiger partial charge in [-0.15, -0.1) is 0 Å². The van der Waals surface area contributed by atoms with Gasteiger partial charge in [-0.1, -0.05) is 36.4 Å². The SMILES string of the molecule is CCOc1ccc(C(=O)CCC(=O)Nc2ccc(CCC=O)c(-c3ccccc3)c2)cc1OCC. The van der Waals surface area contributed by atoms with E-state index in [9.17, 15) is 14.4 Å². The van der Waals surface area contributed by atoms with Crippen LogP contribution in [0.1, 0.15) is 49.0 Å². The van der Waals surface area contributed by atoms with Gasteiger partial charge in [-0.25, -0.2) is 0 Å². The second-order valence-electron chi connectivity index (χ2n) is 7.94. The summed E-state index contributed by atoms with van der Waals surface area (Å²) in [4.78, 5) is 36.2. The molecule has 0 aliphatic heterocycles. The predicted octanol–water partition coefficient (Wildman–Crippen LogP) is 5.88. The zero-order valence-corrected chi connectivity index (χ0v) is 20.2. The summed E-state index contributed by atoms with van der Waals surface area (Å²) >= 11 is 0. The van der Waals surface area contributed by atoms with E-state index in [1.807, 2.05) is 62.4 Å². The van der Waals surface area contributed by atoms with Crippen LogP contribution in [-0.2, 0) is 16.0 Å². The summed E-state index contributed by atoms with van der Waals surface area (Å²) in [6.07, 6.45) is 2.10. The maximum atomic E-state index is 12.7. The molecule has 0 aliphatic carbocycles. The minimum atomic E-state index is -0.242. The minimum absolute atomic E-state index is 0.0591. The molecule has 35 heavy (non-hydrogen) atoms. The van der Waals surface area contributed by atoms with Crippen LogP contribution >= 0.6 is 0 Å². The van der Waals surface area contributed by atoms with Gasteiger partial charge in [0.2, 0.25) is 5.91 Å². The Hall–Kier alpha value is -3.93. The number of amides is 1. The van der Waals surface area contributed by atoms with Gasteiger partial charge in [0, 0.05) is 30.5 Å². The fraction of sp³-hybridized carbons (Fsp3) is 0.276. The van der Waals surface area contributed by atoms with Crippen molar-refractivity contribution in [2.45, 2.75) is 39.5 Å². The normalized spacial score (nSPS) is 10.5. The van der Waals surface area contributed by atoms with Gasteiger partial charge in [0.1, 0.15) is 6.29 Å². The van der Waals surface area contributed by atoms with E-state index in [1.165, 1.54) is 0 Å². The van der Waals surface area contributed by atoms with Gasteiger partial charge in [0.25, 0.3) is 0 Å². The van der Waals surface area contributed by atoms with Crippen molar-refractivity contribution in [1.29, 1.82) is 0 Å². The first kappa shape index (κ1) is 25.7. The van der Waals surface area contributed by atoms with Gasteiger partial charge < -0.3 is 19.6 Å². The van der Waals surface area contributed by atoms with Crippen molar-refractivity contribution in [2.75, 3.05) is 18.5 Å². The standard InChI is InChI=1S/C29H31NO5/c1-3-34-27-16-13-23(19-28(27)35-4-2)26(32)15-17-29(33)30-24-14-12-22(11-8-18-31)25(20-24)21-9-6-5-7-10-21/h5-7,9-10,12-14,16,18-20H,3-4,8,11,15,17H2,1-2H3,(H,30,33). The molecular weight excluding hydrogens is 442 g/mol. The molecule has 3 aromatic rings. The zero-order valence-electron chi connectivity index (χ0n) is 20.2. The van der Waals surface area contributed by atoms with E-state index in [0.717, 1.165) is 23.0 Å². The van der Waals surface area contributed by atoms with Crippen LogP contribution in [0.25, 0.3) is 11.1 Å². The van der Waals surface area contributed by atoms with E-state index in [0.29, 0.717) is 48.8 Å². The number of aldehydes is 1. The number of ether oxygens (including phenoxy) is 2. The Kier molecular flexibility index (Phi) is 9.60. The first-order valence-electron chi connectivity index (χ1n) is 11.9. The number of anilines is 1. The molecule has 6 heteroatoms. The quantitative estimate of drug-likeness (QED) is 0.247. The van der Waals surface area contributed by atoms with Crippen LogP contribution < -0.4 is 14.8 Å². The zero-order chi connectivity index (χ0) is 25.0. The topological polar surface area (TPSA) is 81.7 Å². The van der Waals surface area contributed by atoms with E-state index in [-0.39, 0.29) is 24.5 Å². The van der Waals surface area contributed by atoms with Crippen molar-refractivity contribution >= 4 is 23.7 Å². The Bertz CT molecular complexity index is 1160. The van der Waals surface area contributed by atoms with E-state index < -0.39 is 0 Å². The molecule has 0 aromatic heterocycles. The van der Waals surface area contributed by atoms with Crippen molar-refractivity contribution in [3.05, 3.63) is 77.9 Å². The molecule has 3 rings (SSSR count). The van der Waals surface area contributed by atoms with Gasteiger partial charge in [0.05, 0.1) is 13.2 Å². The fourth-order valence-electron chi connectivity index (χ4n) is 3.79. The molecule has 0 aliphatic rings. The first-order valence-corrected chi connectivity index (χ1v) is 11.9. The summed E-state index contributed by atoms with van der Waals surface area (Å²) in [5, 5.41) is 2.89. The molecule has 1 N–H and O–H groups in total. The molecule has 0 saturated carbocycles. The molecule has 0 fully saturated rings. The number of carbonyl (C=O) groups is 3. The Morgan fingerprint density at radius 1 is 0.857 bits per heavy atom. The molecule has 0 radical (unpaired) electrons. The third-order valence-electron chi connectivity index (χ3n) is 5.45. The van der Waals surface area contributed by atoms with Gasteiger partial charge in [-0.05, 0) is 67.3 Å². The highest BCUT2D eigenvalue weighted by molar-refractivity contribution is 6.00. The smallest absolute Gasteiger partial charge is 0.224 e. The van der Waals surface area contributed by atoms with Crippen molar-refractivity contribution in [3.63, 3.8) is 0 Å². The molecule has 3 aromatic carbocycles. The highest BCUT2D eigenvalue weighted by atomic mass is 16.5. The number of nitrogens with one attached hydrogen (secondary N) is 1. The van der Waals surface area contributed by atoms with Crippen molar-refractivity contribution in [3.8, 4) is 22.6 Å². The summed E-state index contributed by atoms with van der Waals surface area (Å²) in [7, 11) is 0. The molecule has 0 atom stereocenters. The summed E-state index contributed by atoms with van der Waals surface area (Å²) in [6.45, 7) is 4.71. The van der Waals surface area contributed by atoms with Crippen LogP contribution in [0.3, 0.4) is 0 Å². The third-order valence-corrected chi connectivity index (χ3v) is 5.45. The van der Waals surface area contributed by atoms with Gasteiger partial charge in [-0.2, -0.15) is 0 Å². The number of ketones is 1. The van der Waals surface area contributed by atoms with Crippen LogP contribution in [0, 0.1) is 0 Å². The second-order valence-corrected chi connectivity index (χ2v) is 7.94. The number of hydrogen-bond acceptors (Lipinski definition) is 5. The largest absolute Gasteiger partial charge is 0.490 e. The van der Waals surface area contributed by atoms with E-state index in [1.54, 1.807) is 18.2 Å². The number of Topliss-reactive ketones (excluding diaryl/α,β-unsaturated/α-hetero) is 1. The van der Waals surface area contributed by atoms with E-state index >= 15 is 0 Å². The fourth-order valence-corrected chi connectivity index (χ4v) is 3.79. The van der Waals surface area contributed by atoms with E-state index in [2.05, 4.69) is 5.32 Å². The van der Waals surface area contributed by atoms with Crippen LogP contribution in [-0.4, -0.2) is 31.2 Å². The number of hydrogen-bond donors (Lipinski definition) is 1. The van der Waals surface area contributed by atoms with E-state index in [4.69, 9.17) is 9.47 Å². The van der Waals surface area contributed by atoms with Gasteiger partial charge in [0.15, 0.2) is 17.3 Å². The average Bonchev–Trinajstić information content (AvgIpc) is 2.88. The lowest BCUT2D eigenvalue weighted by Gasteiger charge is -2.13. The number of rotatable bonds is 13. The molecule has 182 valence electrons. The lowest BCUT2D eigenvalue weighted by Crippen LogP contribution is -2.14. The minimum Gasteiger partial charge on any atom is -0.490 e. The molecule has 0 heterocycles. The molecular formula is C29H31NO5. The molecule has 0 saturated heterocycles. The van der Waals surface area contributed by atoms with Crippen molar-refractivity contribution < 1.29 is 23.9 Å². The molecule has 0 unspecified atom stereocenters. The van der Waals surface area contributed by atoms with Crippen LogP contribution in [0.15, 0.2) is 66.7 Å². The summed E-state index contributed by atoms with van der Waals surface area (Å²) in [5.74, 6) is 0.731. The first-order chi connectivity index (χ1) is 17.0. The van der Waals surface area contributed by atoms with Crippen molar-refractivity contribution in [1.82, 2.24) is 0 Å². The Morgan fingerprint density at radius 2 is 1.60 bits per heavy atom. The highest BCUT2D eigenvalue weighted by Crippen LogP contribution is 2.30. The maximum Gasteiger partial charge on any atom is 0.224 e. The van der Waals surface area contributed by atoms with Crippen LogP contribution in [0.2, 0.25) is 0 Å². The van der Waals surface area contributed by atoms with Crippen molar-refractivity contribution in [2.24, 2.45) is 0 Å². The monoisotopic (exact) mass is 473 g/mol. The van der Waals surface area contributed by atoms with Gasteiger partial charge >= 0.3 is 0 Å². The Labute approximate surface area is 206 Å². The summed E-state index contributed by atoms with van der Waals surface area (Å²) < 4.78 is 11.1. The third kappa shape index (κ3) is 7.27. The van der Waals surface area contributed by atoms with Gasteiger partial charge in [-0.3, -0.25) is 9.59 Å². The summed E-state index contributed by atoms with van der Waals surface area (Å²) in [5.41, 5.74) is 4.16.